The highest BCUT2D eigenvalue weighted by atomic mass is 16.5. The molecule has 0 bridgehead atoms. The van der Waals surface area contributed by atoms with Crippen molar-refractivity contribution < 1.29 is 4.74 Å². The molecule has 0 radical (unpaired) electrons. The molecule has 0 unspecified atom stereocenters. The fourth-order valence-electron chi connectivity index (χ4n) is 1.62. The molecule has 0 atom stereocenters. The van der Waals surface area contributed by atoms with Gasteiger partial charge in [0.2, 0.25) is 0 Å². The van der Waals surface area contributed by atoms with Crippen LogP contribution in [0.3, 0.4) is 0 Å². The monoisotopic (exact) mass is 213 g/mol. The van der Waals surface area contributed by atoms with Crippen molar-refractivity contribution in [1.82, 2.24) is 4.57 Å². The third-order valence-electron chi connectivity index (χ3n) is 2.54. The highest BCUT2D eigenvalue weighted by Gasteiger charge is 2.01. The predicted molar refractivity (Wildman–Crippen MR) is 66.7 cm³/mol. The van der Waals surface area contributed by atoms with Crippen molar-refractivity contribution in [3.8, 4) is 0 Å². The summed E-state index contributed by atoms with van der Waals surface area (Å²) in [5.41, 5.74) is 2.21. The lowest BCUT2D eigenvalue weighted by atomic mass is 10.1. The molecule has 1 aromatic heterocycles. The van der Waals surface area contributed by atoms with Gasteiger partial charge in [-0.25, -0.2) is 0 Å². The predicted octanol–water partition coefficient (Wildman–Crippen LogP) is 3.17. The Hall–Kier alpha value is -1.96. The van der Waals surface area contributed by atoms with Gasteiger partial charge in [0.1, 0.15) is 5.76 Å². The Morgan fingerprint density at radius 2 is 1.88 bits per heavy atom. The van der Waals surface area contributed by atoms with E-state index >= 15 is 0 Å². The molecule has 1 aromatic carbocycles. The lowest BCUT2D eigenvalue weighted by molar-refractivity contribution is 0.372. The first-order valence-corrected chi connectivity index (χ1v) is 5.23. The zero-order chi connectivity index (χ0) is 11.4. The Morgan fingerprint density at radius 1 is 1.12 bits per heavy atom. The summed E-state index contributed by atoms with van der Waals surface area (Å²) in [6, 6.07) is 14.2. The Kier molecular flexibility index (Phi) is 3.10. The molecular weight excluding hydrogens is 198 g/mol. The Morgan fingerprint density at radius 3 is 2.44 bits per heavy atom. The molecule has 1 heterocycles. The summed E-state index contributed by atoms with van der Waals surface area (Å²) >= 11 is 0. The first-order valence-electron chi connectivity index (χ1n) is 5.23. The Bertz CT molecular complexity index is 482. The molecule has 0 aliphatic heterocycles. The van der Waals surface area contributed by atoms with E-state index in [9.17, 15) is 0 Å². The molecule has 0 aliphatic carbocycles. The average molecular weight is 213 g/mol. The van der Waals surface area contributed by atoms with E-state index in [0.29, 0.717) is 0 Å². The highest BCUT2D eigenvalue weighted by Crippen LogP contribution is 2.18. The van der Waals surface area contributed by atoms with Crippen LogP contribution in [0.2, 0.25) is 0 Å². The maximum absolute atomic E-state index is 5.41. The number of rotatable bonds is 3. The molecule has 0 amide bonds. The van der Waals surface area contributed by atoms with E-state index < -0.39 is 0 Å². The topological polar surface area (TPSA) is 14.2 Å². The van der Waals surface area contributed by atoms with Gasteiger partial charge in [-0.05, 0) is 12.1 Å². The summed E-state index contributed by atoms with van der Waals surface area (Å²) in [7, 11) is 3.71. The molecule has 0 saturated heterocycles. The van der Waals surface area contributed by atoms with Crippen LogP contribution >= 0.6 is 0 Å². The van der Waals surface area contributed by atoms with Gasteiger partial charge in [-0.1, -0.05) is 30.3 Å². The van der Waals surface area contributed by atoms with Crippen molar-refractivity contribution in [1.29, 1.82) is 0 Å². The molecule has 0 spiro atoms. The molecule has 2 aromatic rings. The maximum Gasteiger partial charge on any atom is 0.128 e. The van der Waals surface area contributed by atoms with E-state index in [1.807, 2.05) is 55.7 Å². The Labute approximate surface area is 95.8 Å². The summed E-state index contributed by atoms with van der Waals surface area (Å²) in [6.45, 7) is 0. The van der Waals surface area contributed by atoms with Gasteiger partial charge in [0.25, 0.3) is 0 Å². The van der Waals surface area contributed by atoms with Crippen LogP contribution in [0.4, 0.5) is 0 Å². The molecule has 0 aliphatic rings. The summed E-state index contributed by atoms with van der Waals surface area (Å²) in [4.78, 5) is 0. The first kappa shape index (κ1) is 10.6. The molecule has 2 nitrogen and oxygen atoms in total. The number of ether oxygens (including phenoxy) is 1. The van der Waals surface area contributed by atoms with Crippen LogP contribution in [0.25, 0.3) is 11.8 Å². The standard InChI is InChI=1S/C14H15NO/c1-15-10-6-9-13(15)11-14(16-2)12-7-4-3-5-8-12/h3-11H,1-2H3. The number of benzene rings is 1. The molecule has 82 valence electrons. The Balaban J connectivity index is 2.37. The lowest BCUT2D eigenvalue weighted by Gasteiger charge is -2.06. The van der Waals surface area contributed by atoms with Gasteiger partial charge < -0.3 is 9.30 Å². The van der Waals surface area contributed by atoms with E-state index in [2.05, 4.69) is 10.6 Å². The molecular formula is C14H15NO. The van der Waals surface area contributed by atoms with Gasteiger partial charge in [-0.15, -0.1) is 0 Å². The van der Waals surface area contributed by atoms with Crippen molar-refractivity contribution in [2.75, 3.05) is 7.11 Å². The van der Waals surface area contributed by atoms with E-state index in [1.54, 1.807) is 7.11 Å². The van der Waals surface area contributed by atoms with Gasteiger partial charge in [0.05, 0.1) is 7.11 Å². The van der Waals surface area contributed by atoms with Gasteiger partial charge in [0.15, 0.2) is 0 Å². The SMILES string of the molecule is COC(=Cc1cccn1C)c1ccccc1. The number of hydrogen-bond acceptors (Lipinski definition) is 1. The second-order valence-corrected chi connectivity index (χ2v) is 3.62. The van der Waals surface area contributed by atoms with Gasteiger partial charge >= 0.3 is 0 Å². The van der Waals surface area contributed by atoms with Crippen LogP contribution in [-0.2, 0) is 11.8 Å². The van der Waals surface area contributed by atoms with Crippen LogP contribution in [0, 0.1) is 0 Å². The highest BCUT2D eigenvalue weighted by molar-refractivity contribution is 5.76. The van der Waals surface area contributed by atoms with Crippen molar-refractivity contribution in [2.24, 2.45) is 7.05 Å². The third kappa shape index (κ3) is 2.16. The molecule has 0 fully saturated rings. The zero-order valence-electron chi connectivity index (χ0n) is 9.55. The first-order chi connectivity index (χ1) is 7.81. The fourth-order valence-corrected chi connectivity index (χ4v) is 1.62. The second kappa shape index (κ2) is 4.71. The van der Waals surface area contributed by atoms with Gasteiger partial charge in [-0.2, -0.15) is 0 Å². The van der Waals surface area contributed by atoms with Crippen molar-refractivity contribution in [3.63, 3.8) is 0 Å². The number of nitrogens with zero attached hydrogens (tertiary/aromatic N) is 1. The number of aryl methyl sites for hydroxylation is 1. The minimum Gasteiger partial charge on any atom is -0.496 e. The van der Waals surface area contributed by atoms with Crippen LogP contribution < -0.4 is 0 Å². The van der Waals surface area contributed by atoms with E-state index in [-0.39, 0.29) is 0 Å². The smallest absolute Gasteiger partial charge is 0.128 e. The van der Waals surface area contributed by atoms with Crippen LogP contribution in [0.15, 0.2) is 48.7 Å². The minimum absolute atomic E-state index is 0.877. The second-order valence-electron chi connectivity index (χ2n) is 3.62. The summed E-state index contributed by atoms with van der Waals surface area (Å²) in [5.74, 6) is 0.877. The normalized spacial score (nSPS) is 11.5. The van der Waals surface area contributed by atoms with E-state index in [1.165, 1.54) is 0 Å². The maximum atomic E-state index is 5.41. The summed E-state index contributed by atoms with van der Waals surface area (Å²) in [6.07, 6.45) is 4.06. The van der Waals surface area contributed by atoms with Crippen LogP contribution in [-0.4, -0.2) is 11.7 Å². The fraction of sp³-hybridized carbons (Fsp3) is 0.143. The number of hydrogen-bond donors (Lipinski definition) is 0. The summed E-state index contributed by atoms with van der Waals surface area (Å²) < 4.78 is 7.47. The molecule has 0 saturated carbocycles. The van der Waals surface area contributed by atoms with Crippen molar-refractivity contribution >= 4 is 11.8 Å². The quantitative estimate of drug-likeness (QED) is 0.714. The average Bonchev–Trinajstić information content (AvgIpc) is 2.73. The van der Waals surface area contributed by atoms with Gasteiger partial charge in [0, 0.05) is 30.6 Å². The molecule has 2 heteroatoms. The lowest BCUT2D eigenvalue weighted by Crippen LogP contribution is -1.91. The van der Waals surface area contributed by atoms with Crippen LogP contribution in [0.1, 0.15) is 11.3 Å². The third-order valence-corrected chi connectivity index (χ3v) is 2.54. The minimum atomic E-state index is 0.877. The largest absolute Gasteiger partial charge is 0.496 e. The van der Waals surface area contributed by atoms with Crippen molar-refractivity contribution in [3.05, 3.63) is 59.9 Å². The van der Waals surface area contributed by atoms with Crippen molar-refractivity contribution in [2.45, 2.75) is 0 Å². The van der Waals surface area contributed by atoms with E-state index in [4.69, 9.17) is 4.74 Å². The van der Waals surface area contributed by atoms with E-state index in [0.717, 1.165) is 17.0 Å². The number of methoxy groups -OCH3 is 1. The number of aromatic nitrogens is 1. The zero-order valence-corrected chi connectivity index (χ0v) is 9.55. The van der Waals surface area contributed by atoms with Gasteiger partial charge in [-0.3, -0.25) is 0 Å². The molecule has 2 rings (SSSR count). The summed E-state index contributed by atoms with van der Waals surface area (Å²) in [5, 5.41) is 0. The van der Waals surface area contributed by atoms with Crippen LogP contribution in [0.5, 0.6) is 0 Å². The molecule has 0 N–H and O–H groups in total. The molecule has 16 heavy (non-hydrogen) atoms.